The second-order valence-electron chi connectivity index (χ2n) is 30.5. The number of hydrogen-bond acceptors (Lipinski definition) is 12. The van der Waals surface area contributed by atoms with Crippen LogP contribution >= 0.6 is 0 Å². The maximum atomic E-state index is 13.5. The second-order valence-corrected chi connectivity index (χ2v) is 30.5. The largest absolute Gasteiger partial charge is 0.458 e. The summed E-state index contributed by atoms with van der Waals surface area (Å²) in [6, 6.07) is 0. The highest BCUT2D eigenvalue weighted by Crippen LogP contribution is 2.54. The molecule has 0 aliphatic heterocycles. The van der Waals surface area contributed by atoms with Gasteiger partial charge in [-0.1, -0.05) is 208 Å². The average Bonchev–Trinajstić information content (AvgIpc) is 3.09. The monoisotopic (exact) mass is 1080 g/mol. The van der Waals surface area contributed by atoms with Crippen molar-refractivity contribution in [3.63, 3.8) is 0 Å². The molecule has 0 saturated carbocycles. The van der Waals surface area contributed by atoms with E-state index in [1.54, 1.807) is 0 Å². The number of aliphatic hydroxyl groups excluding tert-OH is 4. The zero-order chi connectivity index (χ0) is 61.8. The lowest BCUT2D eigenvalue weighted by Gasteiger charge is -2.42. The first-order chi connectivity index (χ1) is 31.6. The van der Waals surface area contributed by atoms with Gasteiger partial charge < -0.3 is 39.4 Å². The van der Waals surface area contributed by atoms with Crippen LogP contribution in [0, 0.1) is 54.1 Å². The fraction of sp³-hybridized carbons (Fsp3) is 0.931. The van der Waals surface area contributed by atoms with E-state index in [1.165, 1.54) is 27.7 Å². The van der Waals surface area contributed by atoms with E-state index in [-0.39, 0.29) is 67.2 Å². The predicted octanol–water partition coefficient (Wildman–Crippen LogP) is 13.8. The van der Waals surface area contributed by atoms with E-state index in [9.17, 15) is 57.2 Å². The number of esters is 4. The Morgan fingerprint density at radius 3 is 0.432 bits per heavy atom. The Hall–Kier alpha value is -2.56. The summed E-state index contributed by atoms with van der Waals surface area (Å²) < 4.78 is 75.4. The lowest BCUT2D eigenvalue weighted by Crippen LogP contribution is -2.56. The van der Waals surface area contributed by atoms with Crippen LogP contribution in [0.5, 0.6) is 0 Å². The molecule has 0 aromatic carbocycles. The summed E-state index contributed by atoms with van der Waals surface area (Å²) in [4.78, 5) is 45.0. The molecular weight excluding hydrogens is 965 g/mol. The predicted molar refractivity (Wildman–Crippen MR) is 291 cm³/mol. The van der Waals surface area contributed by atoms with Gasteiger partial charge in [-0.15, -0.1) is 0 Å². The van der Waals surface area contributed by atoms with E-state index in [2.05, 4.69) is 0 Å². The van der Waals surface area contributed by atoms with Crippen LogP contribution in [0.25, 0.3) is 0 Å². The minimum atomic E-state index is -4.02. The van der Waals surface area contributed by atoms with E-state index in [0.717, 1.165) is 41.5 Å². The van der Waals surface area contributed by atoms with E-state index < -0.39 is 71.5 Å². The maximum Gasteiger partial charge on any atom is 0.315 e. The van der Waals surface area contributed by atoms with Crippen LogP contribution in [-0.4, -0.2) is 105 Å². The first-order valence-corrected chi connectivity index (χ1v) is 25.8. The molecule has 0 spiro atoms. The number of alkyl halides is 4. The molecule has 0 radical (unpaired) electrons. The standard InChI is InChI=1S/2C14H26O4.C10H18F4.2C10H22O2/c2*1-9(15)17-11(13(3,4)5)12(14(6,7)8)18-10(2)16;1-7(2,3)9(11,12)10(13,14)8(4,5)6;2*1-9(2,3)7(11)8(12)10(4,5)6/h2*11-12H,1-8H3;1-6H3;2*7-8,11-12H,1-6H3/t11-,12?;;;7-,8-;/m0..0./s1. The van der Waals surface area contributed by atoms with Crippen LogP contribution in [0.15, 0.2) is 0 Å². The fourth-order valence-electron chi connectivity index (χ4n) is 6.32. The van der Waals surface area contributed by atoms with Gasteiger partial charge in [-0.25, -0.2) is 0 Å². The van der Waals surface area contributed by atoms with E-state index in [4.69, 9.17) is 18.9 Å². The molecule has 0 fully saturated rings. The van der Waals surface area contributed by atoms with Crippen LogP contribution in [0.1, 0.15) is 235 Å². The Kier molecular flexibility index (Phi) is 30.8. The Bertz CT molecular complexity index is 1450. The summed E-state index contributed by atoms with van der Waals surface area (Å²) in [7, 11) is 0. The first kappa shape index (κ1) is 80.3. The third-order valence-corrected chi connectivity index (χ3v) is 11.6. The highest BCUT2D eigenvalue weighted by atomic mass is 19.3. The highest BCUT2D eigenvalue weighted by molar-refractivity contribution is 5.68. The Morgan fingerprint density at radius 1 is 0.270 bits per heavy atom. The maximum absolute atomic E-state index is 13.5. The van der Waals surface area contributed by atoms with E-state index in [1.807, 2.05) is 166 Å². The quantitative estimate of drug-likeness (QED) is 0.0974. The van der Waals surface area contributed by atoms with Gasteiger partial charge in [0.2, 0.25) is 0 Å². The van der Waals surface area contributed by atoms with Crippen LogP contribution in [0.2, 0.25) is 0 Å². The number of aliphatic hydroxyl groups is 4. The molecule has 0 aromatic rings. The summed E-state index contributed by atoms with van der Waals surface area (Å²) in [5.41, 5.74) is -5.75. The Balaban J connectivity index is -0.000000271. The number of hydrogen-bond donors (Lipinski definition) is 4. The molecule has 0 aliphatic carbocycles. The molecule has 0 rings (SSSR count). The van der Waals surface area contributed by atoms with Gasteiger partial charge in [0.25, 0.3) is 0 Å². The molecular formula is C58H114F4O12. The number of carbonyl (C=O) groups is 4. The second kappa shape index (κ2) is 28.4. The van der Waals surface area contributed by atoms with Crippen molar-refractivity contribution in [1.82, 2.24) is 0 Å². The molecule has 16 heteroatoms. The SMILES string of the molecule is CC(=O)OC(C(OC(C)=O)C(C)(C)C)C(C)(C)C.CC(=O)OC([C@H](OC(C)=O)C(C)(C)C)C(C)(C)C.CC(C)(C)C(F)(F)C(F)(F)C(C)(C)C.CC(C)(C)C(O)C(O)C(C)(C)C.CC(C)(C)[C@@H](O)[C@H](O)C(C)(C)C. The molecule has 8 atom stereocenters. The van der Waals surface area contributed by atoms with Crippen LogP contribution < -0.4 is 0 Å². The lowest BCUT2D eigenvalue weighted by molar-refractivity contribution is -0.295. The van der Waals surface area contributed by atoms with Crippen LogP contribution in [0.4, 0.5) is 17.6 Å². The topological polar surface area (TPSA) is 186 Å². The van der Waals surface area contributed by atoms with Crippen molar-refractivity contribution in [3.05, 3.63) is 0 Å². The molecule has 0 aromatic heterocycles. The van der Waals surface area contributed by atoms with Crippen molar-refractivity contribution >= 4 is 23.9 Å². The molecule has 446 valence electrons. The smallest absolute Gasteiger partial charge is 0.315 e. The molecule has 0 heterocycles. The van der Waals surface area contributed by atoms with Crippen LogP contribution in [-0.2, 0) is 38.1 Å². The van der Waals surface area contributed by atoms with Gasteiger partial charge in [-0.05, 0) is 21.7 Å². The number of halogens is 4. The van der Waals surface area contributed by atoms with Crippen molar-refractivity contribution in [2.75, 3.05) is 0 Å². The zero-order valence-electron chi connectivity index (χ0n) is 53.2. The number of rotatable bonds is 9. The lowest BCUT2D eigenvalue weighted by atomic mass is 9.74. The summed E-state index contributed by atoms with van der Waals surface area (Å²) in [5, 5.41) is 39.0. The number of ether oxygens (including phenoxy) is 4. The molecule has 0 bridgehead atoms. The molecule has 12 nitrogen and oxygen atoms in total. The molecule has 0 aliphatic rings. The molecule has 74 heavy (non-hydrogen) atoms. The Labute approximate surface area is 449 Å². The third kappa shape index (κ3) is 29.8. The van der Waals surface area contributed by atoms with Crippen molar-refractivity contribution in [1.29, 1.82) is 0 Å². The van der Waals surface area contributed by atoms with E-state index in [0.29, 0.717) is 0 Å². The van der Waals surface area contributed by atoms with Crippen molar-refractivity contribution in [2.45, 2.75) is 296 Å². The van der Waals surface area contributed by atoms with Crippen molar-refractivity contribution < 1.29 is 76.1 Å². The Morgan fingerprint density at radius 2 is 0.378 bits per heavy atom. The average molecular weight is 1080 g/mol. The zero-order valence-corrected chi connectivity index (χ0v) is 53.2. The minimum absolute atomic E-state index is 0.257. The summed E-state index contributed by atoms with van der Waals surface area (Å²) in [5.74, 6) is -9.49. The molecule has 4 N–H and O–H groups in total. The molecule has 5 unspecified atom stereocenters. The van der Waals surface area contributed by atoms with Gasteiger partial charge in [0.1, 0.15) is 24.4 Å². The van der Waals surface area contributed by atoms with Crippen molar-refractivity contribution in [3.8, 4) is 0 Å². The third-order valence-electron chi connectivity index (χ3n) is 11.6. The van der Waals surface area contributed by atoms with Crippen LogP contribution in [0.3, 0.4) is 0 Å². The van der Waals surface area contributed by atoms with E-state index >= 15 is 0 Å². The highest BCUT2D eigenvalue weighted by Gasteiger charge is 2.67. The summed E-state index contributed by atoms with van der Waals surface area (Å²) in [6.07, 6.45) is -4.57. The molecule has 0 saturated heterocycles. The fourth-order valence-corrected chi connectivity index (χ4v) is 6.32. The summed E-state index contributed by atoms with van der Waals surface area (Å²) >= 11 is 0. The van der Waals surface area contributed by atoms with Crippen molar-refractivity contribution in [2.24, 2.45) is 54.1 Å². The van der Waals surface area contributed by atoms with Gasteiger partial charge in [0.05, 0.1) is 24.4 Å². The van der Waals surface area contributed by atoms with Gasteiger partial charge >= 0.3 is 35.7 Å². The van der Waals surface area contributed by atoms with Gasteiger partial charge in [-0.3, -0.25) is 19.2 Å². The first-order valence-electron chi connectivity index (χ1n) is 25.8. The van der Waals surface area contributed by atoms with Gasteiger partial charge in [0, 0.05) is 60.2 Å². The van der Waals surface area contributed by atoms with Gasteiger partial charge in [-0.2, -0.15) is 17.6 Å². The number of carbonyl (C=O) groups excluding carboxylic acids is 4. The minimum Gasteiger partial charge on any atom is -0.458 e. The van der Waals surface area contributed by atoms with Gasteiger partial charge in [0.15, 0.2) is 0 Å². The summed E-state index contributed by atoms with van der Waals surface area (Å²) in [6.45, 7) is 58.8. The normalized spacial score (nSPS) is 16.8. The molecule has 0 amide bonds.